The Bertz CT molecular complexity index is 1240. The molecule has 0 radical (unpaired) electrons. The van der Waals surface area contributed by atoms with Crippen LogP contribution in [0.3, 0.4) is 0 Å². The number of amides is 1. The largest absolute Gasteiger partial charge is 0.341 e. The Morgan fingerprint density at radius 1 is 1.21 bits per heavy atom. The van der Waals surface area contributed by atoms with E-state index in [-0.39, 0.29) is 17.9 Å². The van der Waals surface area contributed by atoms with E-state index in [2.05, 4.69) is 9.97 Å². The van der Waals surface area contributed by atoms with E-state index in [0.29, 0.717) is 27.6 Å². The van der Waals surface area contributed by atoms with Gasteiger partial charge < -0.3 is 9.88 Å². The number of rotatable bonds is 5. The maximum Gasteiger partial charge on any atom is 0.260 e. The number of fused-ring (bicyclic) bond motifs is 1. The lowest BCUT2D eigenvalue weighted by molar-refractivity contribution is -0.129. The highest BCUT2D eigenvalue weighted by Crippen LogP contribution is 2.34. The maximum absolute atomic E-state index is 12.7. The van der Waals surface area contributed by atoms with Crippen molar-refractivity contribution in [2.45, 2.75) is 19.9 Å². The molecule has 1 N–H and O–H groups in total. The van der Waals surface area contributed by atoms with Crippen LogP contribution in [0.25, 0.3) is 20.7 Å². The summed E-state index contributed by atoms with van der Waals surface area (Å²) in [6, 6.07) is 11.4. The average Bonchev–Trinajstić information content (AvgIpc) is 3.29. The van der Waals surface area contributed by atoms with Gasteiger partial charge in [0, 0.05) is 39.3 Å². The summed E-state index contributed by atoms with van der Waals surface area (Å²) in [5, 5.41) is 3.20. The molecule has 1 aromatic carbocycles. The van der Waals surface area contributed by atoms with Crippen molar-refractivity contribution in [3.63, 3.8) is 0 Å². The predicted octanol–water partition coefficient (Wildman–Crippen LogP) is 4.88. The van der Waals surface area contributed by atoms with E-state index in [4.69, 9.17) is 11.6 Å². The van der Waals surface area contributed by atoms with E-state index in [0.717, 1.165) is 16.0 Å². The second kappa shape index (κ2) is 8.10. The second-order valence-electron chi connectivity index (χ2n) is 6.81. The molecule has 0 bridgehead atoms. The van der Waals surface area contributed by atoms with Gasteiger partial charge in [0.25, 0.3) is 5.56 Å². The molecular formula is C21H18ClN3O2S2. The molecular weight excluding hydrogens is 426 g/mol. The molecule has 3 aromatic heterocycles. The van der Waals surface area contributed by atoms with Gasteiger partial charge in [-0.05, 0) is 36.8 Å². The summed E-state index contributed by atoms with van der Waals surface area (Å²) in [7, 11) is 1.73. The van der Waals surface area contributed by atoms with Gasteiger partial charge in [0.15, 0.2) is 0 Å². The van der Waals surface area contributed by atoms with Crippen LogP contribution in [-0.4, -0.2) is 27.8 Å². The van der Waals surface area contributed by atoms with Gasteiger partial charge in [0.05, 0.1) is 11.8 Å². The van der Waals surface area contributed by atoms with Crippen LogP contribution in [0.2, 0.25) is 5.02 Å². The second-order valence-corrected chi connectivity index (χ2v) is 9.39. The fourth-order valence-corrected chi connectivity index (χ4v) is 5.12. The molecule has 148 valence electrons. The quantitative estimate of drug-likeness (QED) is 0.478. The fraction of sp³-hybridized carbons (Fsp3) is 0.190. The number of likely N-dealkylation sites (N-methyl/N-ethyl adjacent to an activating group) is 1. The maximum atomic E-state index is 12.7. The molecule has 3 heterocycles. The number of thiophene rings is 2. The van der Waals surface area contributed by atoms with E-state index < -0.39 is 0 Å². The molecule has 4 aromatic rings. The zero-order chi connectivity index (χ0) is 20.5. The number of aromatic nitrogens is 2. The van der Waals surface area contributed by atoms with Crippen molar-refractivity contribution < 1.29 is 4.79 Å². The Morgan fingerprint density at radius 2 is 1.97 bits per heavy atom. The van der Waals surface area contributed by atoms with Gasteiger partial charge in [-0.1, -0.05) is 23.7 Å². The van der Waals surface area contributed by atoms with Crippen molar-refractivity contribution in [3.8, 4) is 10.4 Å². The van der Waals surface area contributed by atoms with Crippen LogP contribution in [0.5, 0.6) is 0 Å². The molecule has 0 atom stereocenters. The Kier molecular flexibility index (Phi) is 5.54. The van der Waals surface area contributed by atoms with Crippen LogP contribution < -0.4 is 5.56 Å². The summed E-state index contributed by atoms with van der Waals surface area (Å²) in [4.78, 5) is 37.1. The highest BCUT2D eigenvalue weighted by atomic mass is 35.5. The molecule has 0 saturated carbocycles. The van der Waals surface area contributed by atoms with E-state index in [1.165, 1.54) is 16.2 Å². The SMILES string of the molecule is Cc1ccc(-c2csc3nc(CC(=O)N(C)Cc4ccc(Cl)cc4)[nH]c(=O)c23)s1. The molecule has 1 amide bonds. The smallest absolute Gasteiger partial charge is 0.260 e. The molecule has 0 spiro atoms. The minimum atomic E-state index is -0.208. The molecule has 4 rings (SSSR count). The van der Waals surface area contributed by atoms with Gasteiger partial charge in [-0.2, -0.15) is 0 Å². The molecule has 0 fully saturated rings. The number of H-pyrrole nitrogens is 1. The minimum absolute atomic E-state index is 0.0423. The molecule has 8 heteroatoms. The van der Waals surface area contributed by atoms with E-state index in [1.807, 2.05) is 36.6 Å². The zero-order valence-electron chi connectivity index (χ0n) is 15.9. The van der Waals surface area contributed by atoms with Crippen LogP contribution in [0.15, 0.2) is 46.6 Å². The number of nitrogens with zero attached hydrogens (tertiary/aromatic N) is 2. The zero-order valence-corrected chi connectivity index (χ0v) is 18.2. The van der Waals surface area contributed by atoms with Crippen molar-refractivity contribution in [2.75, 3.05) is 7.05 Å². The van der Waals surface area contributed by atoms with Gasteiger partial charge in [0.1, 0.15) is 10.7 Å². The number of carbonyl (C=O) groups is 1. The van der Waals surface area contributed by atoms with Crippen molar-refractivity contribution in [1.82, 2.24) is 14.9 Å². The normalized spacial score (nSPS) is 11.1. The Balaban J connectivity index is 1.54. The van der Waals surface area contributed by atoms with E-state index >= 15 is 0 Å². The van der Waals surface area contributed by atoms with Crippen LogP contribution in [0.4, 0.5) is 0 Å². The van der Waals surface area contributed by atoms with Crippen molar-refractivity contribution in [3.05, 3.63) is 73.4 Å². The topological polar surface area (TPSA) is 66.1 Å². The van der Waals surface area contributed by atoms with Crippen molar-refractivity contribution in [2.24, 2.45) is 0 Å². The molecule has 0 aliphatic heterocycles. The lowest BCUT2D eigenvalue weighted by atomic mass is 10.2. The summed E-state index contributed by atoms with van der Waals surface area (Å²) < 4.78 is 0. The number of hydrogen-bond acceptors (Lipinski definition) is 5. The monoisotopic (exact) mass is 443 g/mol. The van der Waals surface area contributed by atoms with E-state index in [1.54, 1.807) is 35.4 Å². The molecule has 0 saturated heterocycles. The van der Waals surface area contributed by atoms with Gasteiger partial charge in [-0.25, -0.2) is 4.98 Å². The molecule has 29 heavy (non-hydrogen) atoms. The Labute approximate surface area is 180 Å². The summed E-state index contributed by atoms with van der Waals surface area (Å²) in [5.74, 6) is 0.263. The number of nitrogens with one attached hydrogen (secondary N) is 1. The first-order valence-corrected chi connectivity index (χ1v) is 11.0. The first kappa shape index (κ1) is 19.8. The van der Waals surface area contributed by atoms with Gasteiger partial charge in [-0.3, -0.25) is 9.59 Å². The highest BCUT2D eigenvalue weighted by Gasteiger charge is 2.17. The highest BCUT2D eigenvalue weighted by molar-refractivity contribution is 7.19. The van der Waals surface area contributed by atoms with Crippen molar-refractivity contribution >= 4 is 50.4 Å². The summed E-state index contributed by atoms with van der Waals surface area (Å²) in [6.45, 7) is 2.50. The van der Waals surface area contributed by atoms with Crippen LogP contribution in [-0.2, 0) is 17.8 Å². The third-order valence-electron chi connectivity index (χ3n) is 4.58. The first-order valence-electron chi connectivity index (χ1n) is 8.96. The van der Waals surface area contributed by atoms with E-state index in [9.17, 15) is 9.59 Å². The lowest BCUT2D eigenvalue weighted by Gasteiger charge is -2.17. The molecule has 0 aliphatic carbocycles. The number of halogens is 1. The Morgan fingerprint density at radius 3 is 2.66 bits per heavy atom. The molecule has 0 aliphatic rings. The third kappa shape index (κ3) is 4.27. The summed E-state index contributed by atoms with van der Waals surface area (Å²) in [5.41, 5.74) is 1.67. The number of benzene rings is 1. The lowest BCUT2D eigenvalue weighted by Crippen LogP contribution is -2.29. The number of aryl methyl sites for hydroxylation is 1. The summed E-state index contributed by atoms with van der Waals surface area (Å²) >= 11 is 8.97. The molecule has 5 nitrogen and oxygen atoms in total. The predicted molar refractivity (Wildman–Crippen MR) is 120 cm³/mol. The molecule has 0 unspecified atom stereocenters. The number of hydrogen-bond donors (Lipinski definition) is 1. The number of carbonyl (C=O) groups excluding carboxylic acids is 1. The number of aromatic amines is 1. The summed E-state index contributed by atoms with van der Waals surface area (Å²) in [6.07, 6.45) is 0.0423. The standard InChI is InChI=1S/C21H18ClN3O2S2/c1-12-3-8-16(29-12)15-11-28-21-19(15)20(27)23-17(24-21)9-18(26)25(2)10-13-4-6-14(22)7-5-13/h3-8,11H,9-10H2,1-2H3,(H,23,24,27). The van der Waals surface area contributed by atoms with Gasteiger partial charge in [0.2, 0.25) is 5.91 Å². The van der Waals surface area contributed by atoms with Crippen molar-refractivity contribution in [1.29, 1.82) is 0 Å². The average molecular weight is 444 g/mol. The minimum Gasteiger partial charge on any atom is -0.341 e. The Hall–Kier alpha value is -2.48. The first-order chi connectivity index (χ1) is 13.9. The van der Waals surface area contributed by atoms with Crippen LogP contribution in [0.1, 0.15) is 16.3 Å². The fourth-order valence-electron chi connectivity index (χ4n) is 3.07. The third-order valence-corrected chi connectivity index (χ3v) is 6.73. The van der Waals surface area contributed by atoms with Gasteiger partial charge in [-0.15, -0.1) is 22.7 Å². The van der Waals surface area contributed by atoms with Crippen LogP contribution in [0, 0.1) is 6.92 Å². The van der Waals surface area contributed by atoms with Gasteiger partial charge >= 0.3 is 0 Å². The van der Waals surface area contributed by atoms with Crippen LogP contribution >= 0.6 is 34.3 Å².